The van der Waals surface area contributed by atoms with Crippen molar-refractivity contribution < 1.29 is 23.8 Å². The van der Waals surface area contributed by atoms with Crippen molar-refractivity contribution in [1.29, 1.82) is 0 Å². The zero-order valence-electron chi connectivity index (χ0n) is 8.14. The fourth-order valence-electron chi connectivity index (χ4n) is 1.55. The molecule has 0 N–H and O–H groups in total. The zero-order chi connectivity index (χ0) is 10.8. The molecule has 2 heterocycles. The summed E-state index contributed by atoms with van der Waals surface area (Å²) in [7, 11) is 1.43. The highest BCUT2D eigenvalue weighted by atomic mass is 16.7. The second-order valence-corrected chi connectivity index (χ2v) is 3.25. The summed E-state index contributed by atoms with van der Waals surface area (Å²) in [5, 5.41) is 0. The predicted octanol–water partition coefficient (Wildman–Crippen LogP) is 0.314. The Balaban J connectivity index is 2.16. The fourth-order valence-corrected chi connectivity index (χ4v) is 1.55. The highest BCUT2D eigenvalue weighted by molar-refractivity contribution is 5.91. The second-order valence-electron chi connectivity index (χ2n) is 3.25. The van der Waals surface area contributed by atoms with E-state index in [4.69, 9.17) is 14.2 Å². The van der Waals surface area contributed by atoms with Crippen molar-refractivity contribution in [3.8, 4) is 0 Å². The first-order valence-electron chi connectivity index (χ1n) is 4.50. The van der Waals surface area contributed by atoms with Crippen LogP contribution in [0.4, 0.5) is 0 Å². The number of esters is 1. The molecular formula is C10H10O5. The maximum absolute atomic E-state index is 11.1. The third-order valence-electron chi connectivity index (χ3n) is 2.25. The van der Waals surface area contributed by atoms with Crippen LogP contribution in [-0.4, -0.2) is 31.3 Å². The molecule has 0 radical (unpaired) electrons. The van der Waals surface area contributed by atoms with Crippen LogP contribution in [0.25, 0.3) is 0 Å². The van der Waals surface area contributed by atoms with Crippen LogP contribution in [0.2, 0.25) is 0 Å². The number of cyclic esters (lactones) is 1. The number of hydrogen-bond acceptors (Lipinski definition) is 5. The molecule has 80 valence electrons. The molecule has 5 nitrogen and oxygen atoms in total. The van der Waals surface area contributed by atoms with Gasteiger partial charge in [-0.1, -0.05) is 0 Å². The molecule has 0 fully saturated rings. The lowest BCUT2D eigenvalue weighted by Crippen LogP contribution is -2.27. The maximum atomic E-state index is 11.1. The molecule has 0 saturated carbocycles. The molecule has 0 aromatic heterocycles. The SMILES string of the molecule is COC1OC(=O)C=C1C1CC(=O)C=CO1. The van der Waals surface area contributed by atoms with E-state index in [1.54, 1.807) is 0 Å². The first-order valence-corrected chi connectivity index (χ1v) is 4.50. The van der Waals surface area contributed by atoms with E-state index in [1.165, 1.54) is 25.5 Å². The van der Waals surface area contributed by atoms with Crippen molar-refractivity contribution >= 4 is 11.8 Å². The minimum absolute atomic E-state index is 0.0404. The summed E-state index contributed by atoms with van der Waals surface area (Å²) in [5.74, 6) is -0.510. The van der Waals surface area contributed by atoms with Gasteiger partial charge in [0.25, 0.3) is 0 Å². The minimum Gasteiger partial charge on any atom is -0.493 e. The van der Waals surface area contributed by atoms with Crippen LogP contribution in [-0.2, 0) is 23.8 Å². The Morgan fingerprint density at radius 3 is 2.93 bits per heavy atom. The van der Waals surface area contributed by atoms with E-state index in [0.717, 1.165) is 0 Å². The van der Waals surface area contributed by atoms with Gasteiger partial charge in [-0.15, -0.1) is 0 Å². The van der Waals surface area contributed by atoms with Crippen molar-refractivity contribution in [2.24, 2.45) is 0 Å². The van der Waals surface area contributed by atoms with Crippen LogP contribution in [0.3, 0.4) is 0 Å². The van der Waals surface area contributed by atoms with Gasteiger partial charge in [-0.25, -0.2) is 4.79 Å². The minimum atomic E-state index is -0.734. The molecule has 0 aliphatic carbocycles. The monoisotopic (exact) mass is 210 g/mol. The largest absolute Gasteiger partial charge is 0.493 e. The van der Waals surface area contributed by atoms with E-state index in [9.17, 15) is 9.59 Å². The van der Waals surface area contributed by atoms with Gasteiger partial charge in [-0.05, 0) is 0 Å². The summed E-state index contributed by atoms with van der Waals surface area (Å²) in [4.78, 5) is 22.2. The lowest BCUT2D eigenvalue weighted by molar-refractivity contribution is -0.156. The normalized spacial score (nSPS) is 29.8. The Morgan fingerprint density at radius 1 is 1.47 bits per heavy atom. The Morgan fingerprint density at radius 2 is 2.27 bits per heavy atom. The van der Waals surface area contributed by atoms with Crippen LogP contribution in [0.15, 0.2) is 24.0 Å². The summed E-state index contributed by atoms with van der Waals surface area (Å²) in [6.45, 7) is 0. The van der Waals surface area contributed by atoms with E-state index in [-0.39, 0.29) is 12.2 Å². The fraction of sp³-hybridized carbons (Fsp3) is 0.400. The highest BCUT2D eigenvalue weighted by Gasteiger charge is 2.34. The quantitative estimate of drug-likeness (QED) is 0.614. The Kier molecular flexibility index (Phi) is 2.55. The van der Waals surface area contributed by atoms with E-state index in [1.807, 2.05) is 0 Å². The third kappa shape index (κ3) is 1.92. The molecule has 0 aromatic carbocycles. The molecule has 2 aliphatic rings. The molecule has 5 heteroatoms. The number of ketones is 1. The van der Waals surface area contributed by atoms with E-state index >= 15 is 0 Å². The number of ether oxygens (including phenoxy) is 3. The van der Waals surface area contributed by atoms with Crippen molar-refractivity contribution in [2.75, 3.05) is 7.11 Å². The van der Waals surface area contributed by atoms with Gasteiger partial charge < -0.3 is 14.2 Å². The first kappa shape index (κ1) is 9.92. The molecule has 2 rings (SSSR count). The molecule has 0 amide bonds. The molecule has 0 bridgehead atoms. The van der Waals surface area contributed by atoms with Crippen LogP contribution >= 0.6 is 0 Å². The molecule has 0 spiro atoms. The standard InChI is InChI=1S/C10H10O5/c1-13-10-7(5-9(12)15-10)8-4-6(11)2-3-14-8/h2-3,5,8,10H,4H2,1H3. The average molecular weight is 210 g/mol. The summed E-state index contributed by atoms with van der Waals surface area (Å²) >= 11 is 0. The van der Waals surface area contributed by atoms with E-state index in [2.05, 4.69) is 0 Å². The summed E-state index contributed by atoms with van der Waals surface area (Å²) in [6, 6.07) is 0. The van der Waals surface area contributed by atoms with Gasteiger partial charge in [0.2, 0.25) is 6.29 Å². The number of carbonyl (C=O) groups excluding carboxylic acids is 2. The Labute approximate surface area is 86.3 Å². The maximum Gasteiger partial charge on any atom is 0.333 e. The van der Waals surface area contributed by atoms with Gasteiger partial charge in [-0.2, -0.15) is 0 Å². The molecule has 2 atom stereocenters. The lowest BCUT2D eigenvalue weighted by Gasteiger charge is -2.22. The second kappa shape index (κ2) is 3.86. The smallest absolute Gasteiger partial charge is 0.333 e. The average Bonchev–Trinajstić information content (AvgIpc) is 2.59. The molecule has 0 aromatic rings. The number of carbonyl (C=O) groups is 2. The lowest BCUT2D eigenvalue weighted by atomic mass is 10.0. The highest BCUT2D eigenvalue weighted by Crippen LogP contribution is 2.25. The summed E-state index contributed by atoms with van der Waals surface area (Å²) in [6.07, 6.45) is 3.01. The molecule has 15 heavy (non-hydrogen) atoms. The van der Waals surface area contributed by atoms with Crippen LogP contribution < -0.4 is 0 Å². The van der Waals surface area contributed by atoms with Crippen LogP contribution in [0.5, 0.6) is 0 Å². The van der Waals surface area contributed by atoms with Gasteiger partial charge in [-0.3, -0.25) is 4.79 Å². The van der Waals surface area contributed by atoms with Gasteiger partial charge >= 0.3 is 5.97 Å². The van der Waals surface area contributed by atoms with E-state index in [0.29, 0.717) is 5.57 Å². The predicted molar refractivity (Wildman–Crippen MR) is 48.6 cm³/mol. The Bertz CT molecular complexity index is 355. The van der Waals surface area contributed by atoms with Gasteiger partial charge in [0.1, 0.15) is 6.10 Å². The number of methoxy groups -OCH3 is 1. The Hall–Kier alpha value is -1.62. The molecule has 2 unspecified atom stereocenters. The van der Waals surface area contributed by atoms with Crippen LogP contribution in [0.1, 0.15) is 6.42 Å². The topological polar surface area (TPSA) is 61.8 Å². The third-order valence-corrected chi connectivity index (χ3v) is 2.25. The molecule has 0 saturated heterocycles. The van der Waals surface area contributed by atoms with Crippen LogP contribution in [0, 0.1) is 0 Å². The molecule has 2 aliphatic heterocycles. The summed E-state index contributed by atoms with van der Waals surface area (Å²) < 4.78 is 15.0. The van der Waals surface area contributed by atoms with Crippen molar-refractivity contribution in [1.82, 2.24) is 0 Å². The number of hydrogen-bond donors (Lipinski definition) is 0. The van der Waals surface area contributed by atoms with Gasteiger partial charge in [0.15, 0.2) is 5.78 Å². The summed E-state index contributed by atoms with van der Waals surface area (Å²) in [5.41, 5.74) is 0.556. The van der Waals surface area contributed by atoms with Crippen molar-refractivity contribution in [3.05, 3.63) is 24.0 Å². The van der Waals surface area contributed by atoms with E-state index < -0.39 is 18.4 Å². The first-order chi connectivity index (χ1) is 7.20. The molecular weight excluding hydrogens is 200 g/mol. The van der Waals surface area contributed by atoms with Gasteiger partial charge in [0, 0.05) is 24.8 Å². The zero-order valence-corrected chi connectivity index (χ0v) is 8.14. The van der Waals surface area contributed by atoms with Crippen molar-refractivity contribution in [2.45, 2.75) is 18.8 Å². The van der Waals surface area contributed by atoms with Gasteiger partial charge in [0.05, 0.1) is 12.7 Å². The number of rotatable bonds is 2. The number of allylic oxidation sites excluding steroid dienone is 1. The van der Waals surface area contributed by atoms with Crippen molar-refractivity contribution in [3.63, 3.8) is 0 Å².